The number of carbonyl (C=O) groups is 2. The van der Waals surface area contributed by atoms with E-state index in [0.29, 0.717) is 32.2 Å². The first-order valence-corrected chi connectivity index (χ1v) is 15.9. The summed E-state index contributed by atoms with van der Waals surface area (Å²) < 4.78 is 13.1. The number of unbranched alkanes of at least 4 members (excludes halogenated alkanes) is 3. The molecule has 242 valence electrons. The van der Waals surface area contributed by atoms with Crippen molar-refractivity contribution in [2.45, 2.75) is 89.6 Å². The van der Waals surface area contributed by atoms with Crippen molar-refractivity contribution in [1.82, 2.24) is 15.7 Å². The van der Waals surface area contributed by atoms with Crippen molar-refractivity contribution >= 4 is 11.8 Å². The van der Waals surface area contributed by atoms with Crippen LogP contribution in [0.25, 0.3) is 0 Å². The molecule has 9 heteroatoms. The standard InChI is InChI=1S/C36H47N3O6/c1-26(29-10-6-5-7-11-29)39(2)24-32-22-33(30-18-16-28(25-40)17-19-30)45-36(44-32)31-20-14-27(15-21-31)23-37-34(41)12-8-3-4-9-13-35(42)38-43/h5-7,10-11,14-21,26,32-33,36,40,43H,3-4,8-9,12-13,22-25H2,1-2H3,(H,37,41)(H,38,42)/t26-,32+,33-,36-/m0/s1. The molecule has 4 atom stereocenters. The van der Waals surface area contributed by atoms with E-state index < -0.39 is 6.29 Å². The fourth-order valence-electron chi connectivity index (χ4n) is 5.56. The van der Waals surface area contributed by atoms with Crippen LogP contribution < -0.4 is 10.8 Å². The molecule has 0 spiro atoms. The Morgan fingerprint density at radius 3 is 2.11 bits per heavy atom. The van der Waals surface area contributed by atoms with E-state index in [1.54, 1.807) is 5.48 Å². The van der Waals surface area contributed by atoms with Gasteiger partial charge in [-0.3, -0.25) is 19.7 Å². The second kappa shape index (κ2) is 17.8. The van der Waals surface area contributed by atoms with Gasteiger partial charge in [0.2, 0.25) is 11.8 Å². The molecule has 4 N–H and O–H groups in total. The van der Waals surface area contributed by atoms with Crippen molar-refractivity contribution in [3.8, 4) is 0 Å². The summed E-state index contributed by atoms with van der Waals surface area (Å²) >= 11 is 0. The molecule has 1 aliphatic heterocycles. The van der Waals surface area contributed by atoms with Crippen molar-refractivity contribution in [1.29, 1.82) is 0 Å². The summed E-state index contributed by atoms with van der Waals surface area (Å²) in [6.45, 7) is 3.38. The van der Waals surface area contributed by atoms with Crippen LogP contribution in [0.15, 0.2) is 78.9 Å². The number of carbonyl (C=O) groups excluding carboxylic acids is 2. The molecule has 0 aromatic heterocycles. The van der Waals surface area contributed by atoms with Gasteiger partial charge >= 0.3 is 0 Å². The summed E-state index contributed by atoms with van der Waals surface area (Å²) in [7, 11) is 2.12. The minimum absolute atomic E-state index is 0.00197. The highest BCUT2D eigenvalue weighted by Gasteiger charge is 2.33. The van der Waals surface area contributed by atoms with Crippen molar-refractivity contribution in [3.63, 3.8) is 0 Å². The second-order valence-electron chi connectivity index (χ2n) is 11.8. The monoisotopic (exact) mass is 617 g/mol. The highest BCUT2D eigenvalue weighted by Crippen LogP contribution is 2.38. The summed E-state index contributed by atoms with van der Waals surface area (Å²) in [5.74, 6) is -0.382. The minimum Gasteiger partial charge on any atom is -0.392 e. The Hall–Kier alpha value is -3.60. The van der Waals surface area contributed by atoms with Crippen LogP contribution in [0.1, 0.15) is 98.1 Å². The molecule has 0 aliphatic carbocycles. The first-order valence-electron chi connectivity index (χ1n) is 15.9. The normalized spacial score (nSPS) is 18.8. The Morgan fingerprint density at radius 2 is 1.47 bits per heavy atom. The molecule has 45 heavy (non-hydrogen) atoms. The molecule has 1 saturated heterocycles. The zero-order valence-electron chi connectivity index (χ0n) is 26.4. The number of rotatable bonds is 16. The highest BCUT2D eigenvalue weighted by molar-refractivity contribution is 5.75. The van der Waals surface area contributed by atoms with Gasteiger partial charge in [0.15, 0.2) is 6.29 Å². The molecule has 9 nitrogen and oxygen atoms in total. The Labute approximate surface area is 266 Å². The number of aliphatic hydroxyl groups excluding tert-OH is 1. The molecule has 1 fully saturated rings. The van der Waals surface area contributed by atoms with Crippen LogP contribution in [-0.4, -0.2) is 46.7 Å². The van der Waals surface area contributed by atoms with Crippen molar-refractivity contribution in [2.24, 2.45) is 0 Å². The van der Waals surface area contributed by atoms with E-state index in [4.69, 9.17) is 14.7 Å². The number of hydroxylamine groups is 1. The average molecular weight is 618 g/mol. The molecule has 0 unspecified atom stereocenters. The number of benzene rings is 3. The third-order valence-corrected chi connectivity index (χ3v) is 8.47. The van der Waals surface area contributed by atoms with Crippen LogP contribution in [0.4, 0.5) is 0 Å². The van der Waals surface area contributed by atoms with Gasteiger partial charge in [-0.15, -0.1) is 0 Å². The molecule has 0 bridgehead atoms. The Bertz CT molecular complexity index is 1320. The van der Waals surface area contributed by atoms with Gasteiger partial charge in [-0.1, -0.05) is 91.7 Å². The third-order valence-electron chi connectivity index (χ3n) is 8.47. The molecule has 2 amide bonds. The van der Waals surface area contributed by atoms with Crippen molar-refractivity contribution in [3.05, 3.63) is 107 Å². The molecule has 0 radical (unpaired) electrons. The van der Waals surface area contributed by atoms with Gasteiger partial charge in [0, 0.05) is 44.0 Å². The molecule has 4 rings (SSSR count). The molecule has 3 aromatic carbocycles. The van der Waals surface area contributed by atoms with E-state index in [2.05, 4.69) is 48.5 Å². The third kappa shape index (κ3) is 10.8. The number of aliphatic hydroxyl groups is 1. The van der Waals surface area contributed by atoms with E-state index in [1.165, 1.54) is 5.56 Å². The van der Waals surface area contributed by atoms with Crippen LogP contribution >= 0.6 is 0 Å². The lowest BCUT2D eigenvalue weighted by molar-refractivity contribution is -0.253. The molecule has 1 heterocycles. The van der Waals surface area contributed by atoms with E-state index >= 15 is 0 Å². The van der Waals surface area contributed by atoms with Crippen LogP contribution in [0, 0.1) is 0 Å². The predicted octanol–water partition coefficient (Wildman–Crippen LogP) is 5.88. The predicted molar refractivity (Wildman–Crippen MR) is 172 cm³/mol. The number of hydrogen-bond donors (Lipinski definition) is 4. The second-order valence-corrected chi connectivity index (χ2v) is 11.8. The fraction of sp³-hybridized carbons (Fsp3) is 0.444. The van der Waals surface area contributed by atoms with Crippen LogP contribution in [-0.2, 0) is 32.2 Å². The Morgan fingerprint density at radius 1 is 0.844 bits per heavy atom. The lowest BCUT2D eigenvalue weighted by Crippen LogP contribution is -2.38. The van der Waals surface area contributed by atoms with E-state index in [-0.39, 0.29) is 36.7 Å². The number of likely N-dealkylation sites (N-methyl/N-ethyl adjacent to an activating group) is 1. The van der Waals surface area contributed by atoms with E-state index in [0.717, 1.165) is 48.1 Å². The van der Waals surface area contributed by atoms with Gasteiger partial charge in [-0.2, -0.15) is 0 Å². The average Bonchev–Trinajstić information content (AvgIpc) is 3.08. The van der Waals surface area contributed by atoms with Crippen LogP contribution in [0.5, 0.6) is 0 Å². The first-order chi connectivity index (χ1) is 21.9. The number of hydrogen-bond acceptors (Lipinski definition) is 7. The number of nitrogens with one attached hydrogen (secondary N) is 2. The van der Waals surface area contributed by atoms with Gasteiger partial charge < -0.3 is 19.9 Å². The van der Waals surface area contributed by atoms with Gasteiger partial charge in [0.25, 0.3) is 0 Å². The first kappa shape index (κ1) is 34.3. The lowest BCUT2D eigenvalue weighted by atomic mass is 9.99. The maximum absolute atomic E-state index is 12.3. The highest BCUT2D eigenvalue weighted by atomic mass is 16.7. The quantitative estimate of drug-likeness (QED) is 0.0900. The number of nitrogens with zero attached hydrogens (tertiary/aromatic N) is 1. The maximum atomic E-state index is 12.3. The lowest BCUT2D eigenvalue weighted by Gasteiger charge is -2.39. The topological polar surface area (TPSA) is 120 Å². The summed E-state index contributed by atoms with van der Waals surface area (Å²) in [4.78, 5) is 25.7. The summed E-state index contributed by atoms with van der Waals surface area (Å²) in [6.07, 6.45) is 3.82. The molecule has 1 aliphatic rings. The Balaban J connectivity index is 1.34. The largest absolute Gasteiger partial charge is 0.392 e. The van der Waals surface area contributed by atoms with Crippen LogP contribution in [0.2, 0.25) is 0 Å². The summed E-state index contributed by atoms with van der Waals surface area (Å²) in [5.41, 5.74) is 6.71. The fourth-order valence-corrected chi connectivity index (χ4v) is 5.56. The molecule has 0 saturated carbocycles. The van der Waals surface area contributed by atoms with Crippen molar-refractivity contribution < 1.29 is 29.4 Å². The SMILES string of the molecule is C[C@@H](c1ccccc1)N(C)C[C@H]1C[C@@H](c2ccc(CO)cc2)O[C@@H](c2ccc(CNC(=O)CCCCCCC(=O)NO)cc2)O1. The van der Waals surface area contributed by atoms with Gasteiger partial charge in [0.05, 0.1) is 18.8 Å². The van der Waals surface area contributed by atoms with E-state index in [1.807, 2.05) is 54.6 Å². The van der Waals surface area contributed by atoms with Gasteiger partial charge in [-0.25, -0.2) is 5.48 Å². The zero-order valence-corrected chi connectivity index (χ0v) is 26.4. The van der Waals surface area contributed by atoms with Gasteiger partial charge in [-0.05, 0) is 49.1 Å². The van der Waals surface area contributed by atoms with Gasteiger partial charge in [0.1, 0.15) is 0 Å². The maximum Gasteiger partial charge on any atom is 0.243 e. The summed E-state index contributed by atoms with van der Waals surface area (Å²) in [5, 5.41) is 21.0. The van der Waals surface area contributed by atoms with Crippen molar-refractivity contribution in [2.75, 3.05) is 13.6 Å². The smallest absolute Gasteiger partial charge is 0.243 e. The molecular formula is C36H47N3O6. The molecule has 3 aromatic rings. The molecular weight excluding hydrogens is 570 g/mol. The zero-order chi connectivity index (χ0) is 32.0. The summed E-state index contributed by atoms with van der Waals surface area (Å²) in [6, 6.07) is 26.6. The minimum atomic E-state index is -0.543. The van der Waals surface area contributed by atoms with Crippen LogP contribution in [0.3, 0.4) is 0 Å². The number of amides is 2. The number of ether oxygens (including phenoxy) is 2. The van der Waals surface area contributed by atoms with E-state index in [9.17, 15) is 14.7 Å². The Kier molecular flexibility index (Phi) is 13.5.